The Labute approximate surface area is 69.9 Å². The second kappa shape index (κ2) is 5.42. The molecule has 0 saturated carbocycles. The molecule has 1 nitrogen and oxygen atoms in total. The van der Waals surface area contributed by atoms with E-state index >= 15 is 0 Å². The molecule has 10 heavy (non-hydrogen) atoms. The van der Waals surface area contributed by atoms with Gasteiger partial charge in [-0.1, -0.05) is 33.7 Å². The van der Waals surface area contributed by atoms with Crippen molar-refractivity contribution >= 4 is 21.7 Å². The maximum atomic E-state index is 10.4. The smallest absolute Gasteiger partial charge is 0.152 e. The van der Waals surface area contributed by atoms with Gasteiger partial charge in [0.05, 0.1) is 0 Å². The Kier molecular flexibility index (Phi) is 5.22. The minimum atomic E-state index is 0.0821. The number of alkyl halides is 1. The van der Waals surface area contributed by atoms with Gasteiger partial charge in [0.25, 0.3) is 0 Å². The number of carbonyl (C=O) groups excluding carboxylic acids is 1. The van der Waals surface area contributed by atoms with Crippen molar-refractivity contribution < 1.29 is 4.79 Å². The van der Waals surface area contributed by atoms with Crippen LogP contribution in [0.2, 0.25) is 0 Å². The zero-order valence-electron chi connectivity index (χ0n) is 6.23. The van der Waals surface area contributed by atoms with E-state index in [1.165, 1.54) is 12.5 Å². The predicted octanol–water partition coefficient (Wildman–Crippen LogP) is 2.47. The molecule has 0 aliphatic carbocycles. The highest BCUT2D eigenvalue weighted by Gasteiger charge is 1.81. The lowest BCUT2D eigenvalue weighted by Crippen LogP contribution is -1.79. The fourth-order valence-corrected chi connectivity index (χ4v) is 0.579. The molecule has 0 atom stereocenters. The van der Waals surface area contributed by atoms with E-state index in [1.54, 1.807) is 12.2 Å². The van der Waals surface area contributed by atoms with Crippen molar-refractivity contribution in [2.75, 3.05) is 5.33 Å². The molecule has 0 aliphatic heterocycles. The molecule has 0 saturated heterocycles. The standard InChI is InChI=1S/C8H11BrO/c1-7(6-9)4-3-5-8(2)10/h3-5H,6H2,1-2H3/b5-3+,7-4+. The van der Waals surface area contributed by atoms with Crippen molar-refractivity contribution in [3.05, 3.63) is 23.8 Å². The SMILES string of the molecule is CC(=O)/C=C/C=C(\C)CBr. The Balaban J connectivity index is 3.82. The monoisotopic (exact) mass is 202 g/mol. The van der Waals surface area contributed by atoms with Gasteiger partial charge < -0.3 is 0 Å². The van der Waals surface area contributed by atoms with Crippen LogP contribution >= 0.6 is 15.9 Å². The van der Waals surface area contributed by atoms with Crippen molar-refractivity contribution in [3.8, 4) is 0 Å². The minimum Gasteiger partial charge on any atom is -0.295 e. The van der Waals surface area contributed by atoms with Crippen LogP contribution in [0.3, 0.4) is 0 Å². The molecule has 0 aliphatic rings. The lowest BCUT2D eigenvalue weighted by molar-refractivity contribution is -0.112. The number of ketones is 1. The quantitative estimate of drug-likeness (QED) is 0.391. The summed E-state index contributed by atoms with van der Waals surface area (Å²) in [5.74, 6) is 0.0821. The van der Waals surface area contributed by atoms with Gasteiger partial charge in [-0.2, -0.15) is 0 Å². The van der Waals surface area contributed by atoms with Crippen LogP contribution in [-0.2, 0) is 4.79 Å². The zero-order valence-corrected chi connectivity index (χ0v) is 7.81. The molecule has 0 N–H and O–H groups in total. The molecule has 0 heterocycles. The predicted molar refractivity (Wildman–Crippen MR) is 47.4 cm³/mol. The first kappa shape index (κ1) is 9.63. The highest BCUT2D eigenvalue weighted by molar-refractivity contribution is 9.09. The first-order valence-electron chi connectivity index (χ1n) is 3.07. The fourth-order valence-electron chi connectivity index (χ4n) is 0.392. The van der Waals surface area contributed by atoms with E-state index in [0.717, 1.165) is 5.33 Å². The van der Waals surface area contributed by atoms with Crippen molar-refractivity contribution in [3.63, 3.8) is 0 Å². The molecular formula is C8H11BrO. The van der Waals surface area contributed by atoms with Crippen LogP contribution in [0.4, 0.5) is 0 Å². The van der Waals surface area contributed by atoms with Gasteiger partial charge in [-0.05, 0) is 19.9 Å². The van der Waals surface area contributed by atoms with Crippen molar-refractivity contribution in [1.82, 2.24) is 0 Å². The van der Waals surface area contributed by atoms with Gasteiger partial charge in [0.15, 0.2) is 5.78 Å². The number of hydrogen-bond donors (Lipinski definition) is 0. The summed E-state index contributed by atoms with van der Waals surface area (Å²) in [4.78, 5) is 10.4. The highest BCUT2D eigenvalue weighted by atomic mass is 79.9. The first-order valence-corrected chi connectivity index (χ1v) is 4.19. The summed E-state index contributed by atoms with van der Waals surface area (Å²) < 4.78 is 0. The number of carbonyl (C=O) groups is 1. The average Bonchev–Trinajstić information content (AvgIpc) is 1.87. The lowest BCUT2D eigenvalue weighted by Gasteiger charge is -1.86. The Morgan fingerprint density at radius 1 is 1.50 bits per heavy atom. The van der Waals surface area contributed by atoms with Gasteiger partial charge >= 0.3 is 0 Å². The zero-order chi connectivity index (χ0) is 7.98. The molecule has 0 aromatic carbocycles. The number of rotatable bonds is 3. The third kappa shape index (κ3) is 5.76. The maximum absolute atomic E-state index is 10.4. The van der Waals surface area contributed by atoms with Crippen LogP contribution in [0.5, 0.6) is 0 Å². The van der Waals surface area contributed by atoms with Gasteiger partial charge in [0.2, 0.25) is 0 Å². The summed E-state index contributed by atoms with van der Waals surface area (Å²) in [5.41, 5.74) is 1.21. The molecule has 0 aromatic rings. The molecule has 0 unspecified atom stereocenters. The highest BCUT2D eigenvalue weighted by Crippen LogP contribution is 1.97. The summed E-state index contributed by atoms with van der Waals surface area (Å²) in [6, 6.07) is 0. The third-order valence-electron chi connectivity index (χ3n) is 0.922. The van der Waals surface area contributed by atoms with Crippen molar-refractivity contribution in [1.29, 1.82) is 0 Å². The summed E-state index contributed by atoms with van der Waals surface area (Å²) >= 11 is 3.29. The average molecular weight is 203 g/mol. The molecule has 56 valence electrons. The summed E-state index contributed by atoms with van der Waals surface area (Å²) in [6.45, 7) is 3.53. The molecule has 2 heteroatoms. The van der Waals surface area contributed by atoms with E-state index in [0.29, 0.717) is 0 Å². The molecule has 0 spiro atoms. The van der Waals surface area contributed by atoms with Crippen LogP contribution in [0.25, 0.3) is 0 Å². The molecule has 0 rings (SSSR count). The van der Waals surface area contributed by atoms with Crippen LogP contribution < -0.4 is 0 Å². The van der Waals surface area contributed by atoms with E-state index in [4.69, 9.17) is 0 Å². The van der Waals surface area contributed by atoms with Crippen LogP contribution in [0.1, 0.15) is 13.8 Å². The lowest BCUT2D eigenvalue weighted by atomic mass is 10.3. The Morgan fingerprint density at radius 2 is 2.10 bits per heavy atom. The molecule has 0 amide bonds. The molecule has 0 aromatic heterocycles. The number of hydrogen-bond acceptors (Lipinski definition) is 1. The molecule has 0 radical (unpaired) electrons. The van der Waals surface area contributed by atoms with Gasteiger partial charge in [0, 0.05) is 5.33 Å². The normalized spacial score (nSPS) is 12.5. The summed E-state index contributed by atoms with van der Waals surface area (Å²) in [7, 11) is 0. The largest absolute Gasteiger partial charge is 0.295 e. The van der Waals surface area contributed by atoms with E-state index in [9.17, 15) is 4.79 Å². The number of allylic oxidation sites excluding steroid dienone is 4. The summed E-state index contributed by atoms with van der Waals surface area (Å²) in [5, 5.41) is 0.856. The van der Waals surface area contributed by atoms with E-state index in [-0.39, 0.29) is 5.78 Å². The van der Waals surface area contributed by atoms with Gasteiger partial charge in [-0.25, -0.2) is 0 Å². The molecule has 0 bridgehead atoms. The maximum Gasteiger partial charge on any atom is 0.152 e. The topological polar surface area (TPSA) is 17.1 Å². The second-order valence-corrected chi connectivity index (χ2v) is 2.68. The van der Waals surface area contributed by atoms with E-state index < -0.39 is 0 Å². The number of halogens is 1. The Bertz CT molecular complexity index is 168. The molecule has 0 fully saturated rings. The van der Waals surface area contributed by atoms with Crippen LogP contribution in [0.15, 0.2) is 23.8 Å². The summed E-state index contributed by atoms with van der Waals surface area (Å²) in [6.07, 6.45) is 5.22. The Hall–Kier alpha value is -0.370. The van der Waals surface area contributed by atoms with Gasteiger partial charge in [-0.3, -0.25) is 4.79 Å². The first-order chi connectivity index (χ1) is 4.66. The molecular weight excluding hydrogens is 192 g/mol. The minimum absolute atomic E-state index is 0.0821. The van der Waals surface area contributed by atoms with Crippen molar-refractivity contribution in [2.24, 2.45) is 0 Å². The van der Waals surface area contributed by atoms with Crippen molar-refractivity contribution in [2.45, 2.75) is 13.8 Å². The third-order valence-corrected chi connectivity index (χ3v) is 1.81. The van der Waals surface area contributed by atoms with Gasteiger partial charge in [0.1, 0.15) is 0 Å². The van der Waals surface area contributed by atoms with Gasteiger partial charge in [-0.15, -0.1) is 0 Å². The van der Waals surface area contributed by atoms with E-state index in [1.807, 2.05) is 13.0 Å². The fraction of sp³-hybridized carbons (Fsp3) is 0.375. The van der Waals surface area contributed by atoms with Crippen LogP contribution in [-0.4, -0.2) is 11.1 Å². The second-order valence-electron chi connectivity index (χ2n) is 2.12. The Morgan fingerprint density at radius 3 is 2.50 bits per heavy atom. The van der Waals surface area contributed by atoms with E-state index in [2.05, 4.69) is 15.9 Å². The van der Waals surface area contributed by atoms with Crippen LogP contribution in [0, 0.1) is 0 Å².